The fourth-order valence-electron chi connectivity index (χ4n) is 3.58. The topological polar surface area (TPSA) is 0 Å². The molecule has 0 N–H and O–H groups in total. The molecule has 1 fully saturated rings. The minimum atomic E-state index is -1.09. The van der Waals surface area contributed by atoms with E-state index in [-0.39, 0.29) is 0 Å². The molecule has 1 aliphatic carbocycles. The Bertz CT molecular complexity index is 151. The summed E-state index contributed by atoms with van der Waals surface area (Å²) in [6.45, 7) is 7.31. The molecule has 0 radical (unpaired) electrons. The van der Waals surface area contributed by atoms with Crippen molar-refractivity contribution in [3.05, 3.63) is 0 Å². The molecule has 2 atom stereocenters. The molecular formula is C14H30Sn. The summed E-state index contributed by atoms with van der Waals surface area (Å²) in [4.78, 5) is 0. The normalized spacial score (nSPS) is 27.2. The molecule has 0 spiro atoms. The second-order valence-corrected chi connectivity index (χ2v) is 16.9. The monoisotopic (exact) mass is 318 g/mol. The SMILES string of the molecule is CCCCC1CCCC[CH]1[SnH]([CH2]C)[CH2]C. The zero-order valence-corrected chi connectivity index (χ0v) is 14.4. The first kappa shape index (κ1) is 13.9. The molecule has 1 aliphatic rings. The Labute approximate surface area is 104 Å². The van der Waals surface area contributed by atoms with E-state index in [9.17, 15) is 0 Å². The van der Waals surface area contributed by atoms with Crippen molar-refractivity contribution >= 4 is 19.8 Å². The van der Waals surface area contributed by atoms with Gasteiger partial charge in [-0.2, -0.15) is 0 Å². The second kappa shape index (κ2) is 7.97. The molecule has 1 rings (SSSR count). The first-order valence-corrected chi connectivity index (χ1v) is 13.9. The summed E-state index contributed by atoms with van der Waals surface area (Å²) in [7, 11) is 0. The van der Waals surface area contributed by atoms with E-state index in [2.05, 4.69) is 20.8 Å². The molecule has 0 aliphatic heterocycles. The third-order valence-corrected chi connectivity index (χ3v) is 16.5. The summed E-state index contributed by atoms with van der Waals surface area (Å²) in [5.74, 6) is 1.17. The van der Waals surface area contributed by atoms with Gasteiger partial charge < -0.3 is 0 Å². The Balaban J connectivity index is 2.48. The van der Waals surface area contributed by atoms with E-state index >= 15 is 0 Å². The molecule has 0 aromatic carbocycles. The number of hydrogen-bond acceptors (Lipinski definition) is 0. The predicted octanol–water partition coefficient (Wildman–Crippen LogP) is 5.00. The van der Waals surface area contributed by atoms with E-state index in [1.807, 2.05) is 0 Å². The zero-order valence-electron chi connectivity index (χ0n) is 11.1. The van der Waals surface area contributed by atoms with Crippen LogP contribution in [0.25, 0.3) is 0 Å². The van der Waals surface area contributed by atoms with Gasteiger partial charge in [0.15, 0.2) is 0 Å². The summed E-state index contributed by atoms with van der Waals surface area (Å²) in [6, 6.07) is 0. The molecular weight excluding hydrogens is 287 g/mol. The molecule has 0 saturated heterocycles. The molecule has 1 saturated carbocycles. The Morgan fingerprint density at radius 1 is 1.00 bits per heavy atom. The van der Waals surface area contributed by atoms with Crippen molar-refractivity contribution < 1.29 is 0 Å². The standard InChI is InChI=1S/C10H19.2C2H5.Sn.H/c1-2-3-7-10-8-5-4-6-9-10;2*1-2;;/h8,10H,2-7,9H2,1H3;2*1H2,2H3;;. The van der Waals surface area contributed by atoms with Crippen LogP contribution in [0.4, 0.5) is 0 Å². The van der Waals surface area contributed by atoms with Crippen molar-refractivity contribution in [3.8, 4) is 0 Å². The fraction of sp³-hybridized carbons (Fsp3) is 1.00. The first-order chi connectivity index (χ1) is 7.33. The third kappa shape index (κ3) is 4.28. The van der Waals surface area contributed by atoms with Gasteiger partial charge in [0.05, 0.1) is 0 Å². The van der Waals surface area contributed by atoms with Gasteiger partial charge in [-0.15, -0.1) is 0 Å². The van der Waals surface area contributed by atoms with Gasteiger partial charge in [0.1, 0.15) is 0 Å². The van der Waals surface area contributed by atoms with E-state index in [1.165, 1.54) is 29.1 Å². The average Bonchev–Trinajstić information content (AvgIpc) is 2.29. The molecule has 0 aromatic rings. The van der Waals surface area contributed by atoms with Gasteiger partial charge in [-0.05, 0) is 0 Å². The molecule has 15 heavy (non-hydrogen) atoms. The van der Waals surface area contributed by atoms with Gasteiger partial charge in [0.25, 0.3) is 0 Å². The van der Waals surface area contributed by atoms with Crippen molar-refractivity contribution in [2.75, 3.05) is 0 Å². The van der Waals surface area contributed by atoms with Crippen molar-refractivity contribution in [3.63, 3.8) is 0 Å². The van der Waals surface area contributed by atoms with Crippen LogP contribution in [-0.4, -0.2) is 19.8 Å². The van der Waals surface area contributed by atoms with Crippen LogP contribution in [0.3, 0.4) is 0 Å². The Kier molecular flexibility index (Phi) is 7.37. The van der Waals surface area contributed by atoms with Crippen molar-refractivity contribution in [2.45, 2.75) is 78.5 Å². The summed E-state index contributed by atoms with van der Waals surface area (Å²) in [6.07, 6.45) is 10.8. The summed E-state index contributed by atoms with van der Waals surface area (Å²) in [5.41, 5.74) is 0. The molecule has 0 amide bonds. The summed E-state index contributed by atoms with van der Waals surface area (Å²) >= 11 is -1.09. The van der Waals surface area contributed by atoms with E-state index in [0.29, 0.717) is 0 Å². The number of unbranched alkanes of at least 4 members (excludes halogenated alkanes) is 1. The maximum atomic E-state index is 2.48. The Morgan fingerprint density at radius 2 is 1.67 bits per heavy atom. The van der Waals surface area contributed by atoms with E-state index < -0.39 is 19.8 Å². The second-order valence-electron chi connectivity index (χ2n) is 5.43. The fourth-order valence-corrected chi connectivity index (χ4v) is 14.0. The average molecular weight is 317 g/mol. The Hall–Kier alpha value is 0.799. The number of rotatable bonds is 6. The van der Waals surface area contributed by atoms with Gasteiger partial charge in [-0.1, -0.05) is 0 Å². The van der Waals surface area contributed by atoms with Crippen LogP contribution < -0.4 is 0 Å². The molecule has 0 nitrogen and oxygen atoms in total. The van der Waals surface area contributed by atoms with Crippen LogP contribution >= 0.6 is 0 Å². The Morgan fingerprint density at radius 3 is 2.27 bits per heavy atom. The molecule has 0 aromatic heterocycles. The van der Waals surface area contributed by atoms with Crippen molar-refractivity contribution in [1.82, 2.24) is 0 Å². The number of hydrogen-bond donors (Lipinski definition) is 0. The third-order valence-electron chi connectivity index (χ3n) is 4.55. The van der Waals surface area contributed by atoms with E-state index in [0.717, 1.165) is 0 Å². The van der Waals surface area contributed by atoms with Gasteiger partial charge in [0, 0.05) is 0 Å². The molecule has 0 bridgehead atoms. The van der Waals surface area contributed by atoms with Crippen molar-refractivity contribution in [2.24, 2.45) is 5.92 Å². The summed E-state index contributed by atoms with van der Waals surface area (Å²) < 4.78 is 4.51. The van der Waals surface area contributed by atoms with Gasteiger partial charge >= 0.3 is 104 Å². The molecule has 1 heteroatoms. The van der Waals surface area contributed by atoms with Crippen molar-refractivity contribution in [1.29, 1.82) is 0 Å². The molecule has 2 unspecified atom stereocenters. The maximum absolute atomic E-state index is 2.48. The molecule has 0 heterocycles. The predicted molar refractivity (Wildman–Crippen MR) is 73.3 cm³/mol. The summed E-state index contributed by atoms with van der Waals surface area (Å²) in [5, 5.41) is 0. The van der Waals surface area contributed by atoms with Gasteiger partial charge in [-0.25, -0.2) is 0 Å². The molecule has 90 valence electrons. The van der Waals surface area contributed by atoms with Crippen LogP contribution in [0, 0.1) is 5.92 Å². The van der Waals surface area contributed by atoms with E-state index in [4.69, 9.17) is 0 Å². The van der Waals surface area contributed by atoms with E-state index in [1.54, 1.807) is 34.6 Å². The minimum absolute atomic E-state index is 1.09. The first-order valence-electron chi connectivity index (χ1n) is 7.33. The van der Waals surface area contributed by atoms with Gasteiger partial charge in [0.2, 0.25) is 0 Å². The zero-order chi connectivity index (χ0) is 11.1. The van der Waals surface area contributed by atoms with Crippen LogP contribution in [0.15, 0.2) is 0 Å². The quantitative estimate of drug-likeness (QED) is 0.605. The van der Waals surface area contributed by atoms with Crippen LogP contribution in [-0.2, 0) is 0 Å². The van der Waals surface area contributed by atoms with Crippen LogP contribution in [0.1, 0.15) is 65.7 Å². The van der Waals surface area contributed by atoms with Gasteiger partial charge in [-0.3, -0.25) is 0 Å². The van der Waals surface area contributed by atoms with Crippen LogP contribution in [0.2, 0.25) is 12.8 Å². The van der Waals surface area contributed by atoms with Crippen LogP contribution in [0.5, 0.6) is 0 Å².